The predicted octanol–water partition coefficient (Wildman–Crippen LogP) is 2.05. The van der Waals surface area contributed by atoms with Crippen LogP contribution in [0.25, 0.3) is 0 Å². The number of rotatable bonds is 4. The molecule has 0 bridgehead atoms. The van der Waals surface area contributed by atoms with Gasteiger partial charge in [-0.15, -0.1) is 6.58 Å². The van der Waals surface area contributed by atoms with Crippen molar-refractivity contribution in [2.24, 2.45) is 0 Å². The van der Waals surface area contributed by atoms with Crippen molar-refractivity contribution in [1.82, 2.24) is 4.90 Å². The van der Waals surface area contributed by atoms with Gasteiger partial charge in [-0.05, 0) is 19.9 Å². The average Bonchev–Trinajstić information content (AvgIpc) is 2.56. The minimum atomic E-state index is 0.687. The molecule has 1 fully saturated rings. The van der Waals surface area contributed by atoms with Crippen molar-refractivity contribution in [3.8, 4) is 0 Å². The van der Waals surface area contributed by atoms with Crippen molar-refractivity contribution >= 4 is 0 Å². The van der Waals surface area contributed by atoms with Crippen LogP contribution >= 0.6 is 0 Å². The molecule has 1 aliphatic rings. The molecule has 0 saturated carbocycles. The third-order valence-corrected chi connectivity index (χ3v) is 2.32. The van der Waals surface area contributed by atoms with Crippen LogP contribution in [0.4, 0.5) is 0 Å². The maximum Gasteiger partial charge on any atom is 0.0432 e. The monoisotopic (exact) mass is 139 g/mol. The zero-order valence-electron chi connectivity index (χ0n) is 7.01. The maximum atomic E-state index is 3.79. The van der Waals surface area contributed by atoms with Crippen molar-refractivity contribution in [2.45, 2.75) is 38.8 Å². The van der Waals surface area contributed by atoms with E-state index in [4.69, 9.17) is 0 Å². The summed E-state index contributed by atoms with van der Waals surface area (Å²) in [6, 6.07) is 1.45. The van der Waals surface area contributed by atoms with Crippen LogP contribution in [0.1, 0.15) is 26.7 Å². The highest BCUT2D eigenvalue weighted by Crippen LogP contribution is 2.28. The van der Waals surface area contributed by atoms with Gasteiger partial charge < -0.3 is 0 Å². The normalized spacial score (nSPS) is 37.6. The van der Waals surface area contributed by atoms with E-state index in [1.165, 1.54) is 19.4 Å². The fourth-order valence-electron chi connectivity index (χ4n) is 1.46. The third-order valence-electron chi connectivity index (χ3n) is 2.32. The Morgan fingerprint density at radius 2 is 2.30 bits per heavy atom. The minimum Gasteiger partial charge on any atom is -0.291 e. The van der Waals surface area contributed by atoms with Crippen molar-refractivity contribution in [2.75, 3.05) is 6.54 Å². The van der Waals surface area contributed by atoms with Gasteiger partial charge in [-0.25, -0.2) is 0 Å². The lowest BCUT2D eigenvalue weighted by molar-refractivity contribution is 0.482. The second kappa shape index (κ2) is 3.20. The van der Waals surface area contributed by atoms with E-state index in [9.17, 15) is 0 Å². The summed E-state index contributed by atoms with van der Waals surface area (Å²) in [6.45, 7) is 9.55. The molecule has 1 saturated heterocycles. The molecule has 1 aliphatic heterocycles. The van der Waals surface area contributed by atoms with Crippen LogP contribution in [0, 0.1) is 0 Å². The second-order valence-electron chi connectivity index (χ2n) is 3.06. The number of nitrogens with zero attached hydrogens (tertiary/aromatic N) is 1. The lowest BCUT2D eigenvalue weighted by Crippen LogP contribution is -2.02. The molecule has 0 amide bonds. The van der Waals surface area contributed by atoms with Crippen LogP contribution in [-0.4, -0.2) is 23.5 Å². The smallest absolute Gasteiger partial charge is 0.0432 e. The van der Waals surface area contributed by atoms with E-state index in [0.717, 1.165) is 6.04 Å². The lowest BCUT2D eigenvalue weighted by atomic mass is 10.3. The highest BCUT2D eigenvalue weighted by atomic mass is 15.3. The Balaban J connectivity index is 2.14. The van der Waals surface area contributed by atoms with Crippen molar-refractivity contribution in [3.63, 3.8) is 0 Å². The van der Waals surface area contributed by atoms with Gasteiger partial charge in [-0.1, -0.05) is 19.4 Å². The molecule has 0 radical (unpaired) electrons. The van der Waals surface area contributed by atoms with Crippen LogP contribution in [0.3, 0.4) is 0 Å². The van der Waals surface area contributed by atoms with E-state index in [2.05, 4.69) is 31.4 Å². The predicted molar refractivity (Wildman–Crippen MR) is 45.1 cm³/mol. The Morgan fingerprint density at radius 1 is 1.60 bits per heavy atom. The topological polar surface area (TPSA) is 3.01 Å². The first-order chi connectivity index (χ1) is 4.81. The Kier molecular flexibility index (Phi) is 2.50. The van der Waals surface area contributed by atoms with Gasteiger partial charge in [0.05, 0.1) is 0 Å². The van der Waals surface area contributed by atoms with Crippen LogP contribution < -0.4 is 0 Å². The van der Waals surface area contributed by atoms with Gasteiger partial charge in [0, 0.05) is 12.1 Å². The van der Waals surface area contributed by atoms with Gasteiger partial charge in [-0.3, -0.25) is 4.90 Å². The Hall–Kier alpha value is -0.300. The van der Waals surface area contributed by atoms with E-state index < -0.39 is 0 Å². The highest BCUT2D eigenvalue weighted by Gasteiger charge is 2.39. The van der Waals surface area contributed by atoms with Crippen LogP contribution in [0.2, 0.25) is 0 Å². The summed E-state index contributed by atoms with van der Waals surface area (Å²) < 4.78 is 0. The largest absolute Gasteiger partial charge is 0.291 e. The Bertz CT molecular complexity index is 120. The standard InChI is InChI=1S/C9H17N/c1-4-6-7-10-8(3)9(10)5-2/h5,8-9H,2,4,6-7H2,1,3H3. The summed E-state index contributed by atoms with van der Waals surface area (Å²) in [7, 11) is 0. The van der Waals surface area contributed by atoms with Gasteiger partial charge in [-0.2, -0.15) is 0 Å². The Labute approximate surface area is 63.7 Å². The second-order valence-corrected chi connectivity index (χ2v) is 3.06. The van der Waals surface area contributed by atoms with Crippen molar-refractivity contribution < 1.29 is 0 Å². The molecule has 58 valence electrons. The molecular weight excluding hydrogens is 122 g/mol. The van der Waals surface area contributed by atoms with E-state index >= 15 is 0 Å². The lowest BCUT2D eigenvalue weighted by Gasteiger charge is -1.97. The van der Waals surface area contributed by atoms with Crippen molar-refractivity contribution in [1.29, 1.82) is 0 Å². The zero-order valence-corrected chi connectivity index (χ0v) is 7.01. The van der Waals surface area contributed by atoms with Gasteiger partial charge >= 0.3 is 0 Å². The van der Waals surface area contributed by atoms with Gasteiger partial charge in [0.1, 0.15) is 0 Å². The molecule has 0 aromatic rings. The summed E-state index contributed by atoms with van der Waals surface area (Å²) >= 11 is 0. The molecule has 0 N–H and O–H groups in total. The summed E-state index contributed by atoms with van der Waals surface area (Å²) in [5, 5.41) is 0. The van der Waals surface area contributed by atoms with Crippen LogP contribution in [0.15, 0.2) is 12.7 Å². The molecular formula is C9H17N. The molecule has 0 aromatic carbocycles. The fraction of sp³-hybridized carbons (Fsp3) is 0.778. The molecule has 10 heavy (non-hydrogen) atoms. The van der Waals surface area contributed by atoms with Crippen molar-refractivity contribution in [3.05, 3.63) is 12.7 Å². The average molecular weight is 139 g/mol. The maximum absolute atomic E-state index is 3.79. The first kappa shape index (κ1) is 7.80. The molecule has 1 rings (SSSR count). The minimum absolute atomic E-state index is 0.687. The Morgan fingerprint density at radius 3 is 2.70 bits per heavy atom. The number of hydrogen-bond acceptors (Lipinski definition) is 1. The highest BCUT2D eigenvalue weighted by molar-refractivity contribution is 5.08. The summed E-state index contributed by atoms with van der Waals surface area (Å²) in [5.74, 6) is 0. The molecule has 1 heteroatoms. The van der Waals surface area contributed by atoms with Crippen LogP contribution in [-0.2, 0) is 0 Å². The number of unbranched alkanes of at least 4 members (excludes halogenated alkanes) is 1. The van der Waals surface area contributed by atoms with Gasteiger partial charge in [0.25, 0.3) is 0 Å². The number of hydrogen-bond donors (Lipinski definition) is 0. The summed E-state index contributed by atoms with van der Waals surface area (Å²) in [5.41, 5.74) is 0. The van der Waals surface area contributed by atoms with E-state index in [1.54, 1.807) is 0 Å². The SMILES string of the molecule is C=CC1C(C)N1CCCC. The first-order valence-corrected chi connectivity index (χ1v) is 4.19. The quantitative estimate of drug-likeness (QED) is 0.425. The zero-order chi connectivity index (χ0) is 7.56. The summed E-state index contributed by atoms with van der Waals surface area (Å²) in [6.07, 6.45) is 4.68. The molecule has 0 aliphatic carbocycles. The fourth-order valence-corrected chi connectivity index (χ4v) is 1.46. The van der Waals surface area contributed by atoms with Gasteiger partial charge in [0.15, 0.2) is 0 Å². The van der Waals surface area contributed by atoms with Crippen LogP contribution in [0.5, 0.6) is 0 Å². The molecule has 1 heterocycles. The molecule has 0 spiro atoms. The molecule has 3 atom stereocenters. The van der Waals surface area contributed by atoms with E-state index in [0.29, 0.717) is 6.04 Å². The van der Waals surface area contributed by atoms with Gasteiger partial charge in [0.2, 0.25) is 0 Å². The third kappa shape index (κ3) is 1.40. The van der Waals surface area contributed by atoms with E-state index in [1.807, 2.05) is 0 Å². The molecule has 1 nitrogen and oxygen atoms in total. The molecule has 0 aromatic heterocycles. The molecule has 3 unspecified atom stereocenters. The summed E-state index contributed by atoms with van der Waals surface area (Å²) in [4.78, 5) is 2.48. The first-order valence-electron chi connectivity index (χ1n) is 4.19. The van der Waals surface area contributed by atoms with E-state index in [-0.39, 0.29) is 0 Å².